The van der Waals surface area contributed by atoms with Gasteiger partial charge in [0.2, 0.25) is 0 Å². The number of hydrogen-bond acceptors (Lipinski definition) is 1. The Morgan fingerprint density at radius 3 is 2.24 bits per heavy atom. The lowest BCUT2D eigenvalue weighted by molar-refractivity contribution is 0.402. The molecule has 1 aliphatic carbocycles. The second-order valence-electron chi connectivity index (χ2n) is 5.90. The summed E-state index contributed by atoms with van der Waals surface area (Å²) in [6.45, 7) is 2.25. The van der Waals surface area contributed by atoms with Crippen molar-refractivity contribution in [2.24, 2.45) is 5.92 Å². The molecule has 21 heavy (non-hydrogen) atoms. The predicted molar refractivity (Wildman–Crippen MR) is 89.5 cm³/mol. The van der Waals surface area contributed by atoms with Crippen molar-refractivity contribution >= 4 is 11.6 Å². The third kappa shape index (κ3) is 3.66. The number of hydrogen-bond donors (Lipinski definition) is 1. The van der Waals surface area contributed by atoms with Crippen LogP contribution in [0.3, 0.4) is 0 Å². The highest BCUT2D eigenvalue weighted by molar-refractivity contribution is 6.30. The van der Waals surface area contributed by atoms with Gasteiger partial charge in [-0.3, -0.25) is 0 Å². The minimum atomic E-state index is 0.410. The van der Waals surface area contributed by atoms with Crippen molar-refractivity contribution in [2.75, 3.05) is 0 Å². The Labute approximate surface area is 132 Å². The second-order valence-corrected chi connectivity index (χ2v) is 6.34. The standard InChI is InChI=1S/C19H22ClN/c1-2-18(14-6-4-3-5-7-14)21-19(15-8-9-15)16-10-12-17(20)13-11-16/h3-7,10-13,15,18-19,21H,2,8-9H2,1H3. The summed E-state index contributed by atoms with van der Waals surface area (Å²) < 4.78 is 0. The molecule has 1 fully saturated rings. The van der Waals surface area contributed by atoms with E-state index < -0.39 is 0 Å². The fourth-order valence-corrected chi connectivity index (χ4v) is 3.08. The largest absolute Gasteiger partial charge is 0.303 e. The summed E-state index contributed by atoms with van der Waals surface area (Å²) in [4.78, 5) is 0. The van der Waals surface area contributed by atoms with Crippen LogP contribution in [0.4, 0.5) is 0 Å². The molecule has 0 aromatic heterocycles. The SMILES string of the molecule is CCC(NC(c1ccc(Cl)cc1)C1CC1)c1ccccc1. The van der Waals surface area contributed by atoms with E-state index in [1.54, 1.807) is 0 Å². The minimum Gasteiger partial charge on any atom is -0.303 e. The van der Waals surface area contributed by atoms with Crippen molar-refractivity contribution in [3.05, 3.63) is 70.7 Å². The fourth-order valence-electron chi connectivity index (χ4n) is 2.96. The first-order valence-corrected chi connectivity index (χ1v) is 8.22. The van der Waals surface area contributed by atoms with Gasteiger partial charge in [0.25, 0.3) is 0 Å². The molecule has 2 heteroatoms. The van der Waals surface area contributed by atoms with Gasteiger partial charge in [0.1, 0.15) is 0 Å². The third-order valence-electron chi connectivity index (χ3n) is 4.31. The van der Waals surface area contributed by atoms with Crippen LogP contribution in [0, 0.1) is 5.92 Å². The number of rotatable bonds is 6. The Balaban J connectivity index is 1.80. The van der Waals surface area contributed by atoms with Crippen LogP contribution >= 0.6 is 11.6 Å². The summed E-state index contributed by atoms with van der Waals surface area (Å²) in [5, 5.41) is 4.68. The van der Waals surface area contributed by atoms with E-state index in [2.05, 4.69) is 54.7 Å². The van der Waals surface area contributed by atoms with Gasteiger partial charge in [-0.2, -0.15) is 0 Å². The highest BCUT2D eigenvalue weighted by Crippen LogP contribution is 2.42. The average Bonchev–Trinajstić information content (AvgIpc) is 3.35. The molecule has 2 atom stereocenters. The summed E-state index contributed by atoms with van der Waals surface area (Å²) in [5.41, 5.74) is 2.73. The van der Waals surface area contributed by atoms with Crippen molar-refractivity contribution in [2.45, 2.75) is 38.3 Å². The smallest absolute Gasteiger partial charge is 0.0406 e. The summed E-state index contributed by atoms with van der Waals surface area (Å²) in [6.07, 6.45) is 3.75. The van der Waals surface area contributed by atoms with Crippen molar-refractivity contribution in [3.63, 3.8) is 0 Å². The molecule has 0 saturated heterocycles. The van der Waals surface area contributed by atoms with E-state index >= 15 is 0 Å². The van der Waals surface area contributed by atoms with Crippen LogP contribution in [-0.4, -0.2) is 0 Å². The molecule has 1 aliphatic rings. The molecule has 0 aliphatic heterocycles. The second kappa shape index (κ2) is 6.64. The first kappa shape index (κ1) is 14.6. The monoisotopic (exact) mass is 299 g/mol. The topological polar surface area (TPSA) is 12.0 Å². The van der Waals surface area contributed by atoms with Crippen LogP contribution in [0.5, 0.6) is 0 Å². The van der Waals surface area contributed by atoms with Gasteiger partial charge in [-0.05, 0) is 48.4 Å². The van der Waals surface area contributed by atoms with E-state index in [0.29, 0.717) is 12.1 Å². The van der Waals surface area contributed by atoms with Gasteiger partial charge in [-0.1, -0.05) is 61.0 Å². The molecule has 0 spiro atoms. The van der Waals surface area contributed by atoms with Gasteiger partial charge < -0.3 is 5.32 Å². The summed E-state index contributed by atoms with van der Waals surface area (Å²) in [7, 11) is 0. The molecular weight excluding hydrogens is 278 g/mol. The maximum Gasteiger partial charge on any atom is 0.0406 e. The van der Waals surface area contributed by atoms with Crippen molar-refractivity contribution in [1.82, 2.24) is 5.32 Å². The van der Waals surface area contributed by atoms with Crippen LogP contribution < -0.4 is 5.32 Å². The Bertz CT molecular complexity index is 560. The minimum absolute atomic E-state index is 0.410. The summed E-state index contributed by atoms with van der Waals surface area (Å²) in [6, 6.07) is 19.9. The Morgan fingerprint density at radius 1 is 1.00 bits per heavy atom. The Hall–Kier alpha value is -1.31. The number of halogens is 1. The summed E-state index contributed by atoms with van der Waals surface area (Å²) >= 11 is 6.02. The van der Waals surface area contributed by atoms with E-state index in [9.17, 15) is 0 Å². The highest BCUT2D eigenvalue weighted by atomic mass is 35.5. The van der Waals surface area contributed by atoms with Crippen molar-refractivity contribution in [3.8, 4) is 0 Å². The highest BCUT2D eigenvalue weighted by Gasteiger charge is 2.33. The molecule has 0 amide bonds. The van der Waals surface area contributed by atoms with Gasteiger partial charge in [0.15, 0.2) is 0 Å². The fraction of sp³-hybridized carbons (Fsp3) is 0.368. The maximum atomic E-state index is 6.02. The average molecular weight is 300 g/mol. The predicted octanol–water partition coefficient (Wildman–Crippen LogP) is 5.53. The zero-order valence-corrected chi connectivity index (χ0v) is 13.2. The van der Waals surface area contributed by atoms with Crippen molar-refractivity contribution in [1.29, 1.82) is 0 Å². The lowest BCUT2D eigenvalue weighted by atomic mass is 9.98. The molecule has 110 valence electrons. The molecule has 1 saturated carbocycles. The first-order chi connectivity index (χ1) is 10.3. The number of nitrogens with one attached hydrogen (secondary N) is 1. The molecule has 3 rings (SSSR count). The normalized spacial score (nSPS) is 17.4. The molecule has 2 aromatic rings. The molecule has 0 radical (unpaired) electrons. The molecule has 0 bridgehead atoms. The first-order valence-electron chi connectivity index (χ1n) is 7.84. The molecular formula is C19H22ClN. The van der Waals surface area contributed by atoms with Gasteiger partial charge in [-0.25, -0.2) is 0 Å². The van der Waals surface area contributed by atoms with Gasteiger partial charge in [0.05, 0.1) is 0 Å². The van der Waals surface area contributed by atoms with Crippen LogP contribution in [0.25, 0.3) is 0 Å². The Kier molecular flexibility index (Phi) is 4.62. The Morgan fingerprint density at radius 2 is 1.67 bits per heavy atom. The van der Waals surface area contributed by atoms with Gasteiger partial charge in [0, 0.05) is 17.1 Å². The van der Waals surface area contributed by atoms with E-state index in [4.69, 9.17) is 11.6 Å². The molecule has 1 N–H and O–H groups in total. The van der Waals surface area contributed by atoms with Gasteiger partial charge >= 0.3 is 0 Å². The quantitative estimate of drug-likeness (QED) is 0.739. The maximum absolute atomic E-state index is 6.02. The van der Waals surface area contributed by atoms with E-state index in [1.807, 2.05) is 12.1 Å². The van der Waals surface area contributed by atoms with Crippen LogP contribution in [0.1, 0.15) is 49.4 Å². The molecule has 2 aromatic carbocycles. The van der Waals surface area contributed by atoms with E-state index in [-0.39, 0.29) is 0 Å². The van der Waals surface area contributed by atoms with Crippen molar-refractivity contribution < 1.29 is 0 Å². The number of benzene rings is 2. The van der Waals surface area contributed by atoms with E-state index in [1.165, 1.54) is 24.0 Å². The molecule has 1 nitrogen and oxygen atoms in total. The third-order valence-corrected chi connectivity index (χ3v) is 4.57. The van der Waals surface area contributed by atoms with Crippen LogP contribution in [0.2, 0.25) is 5.02 Å². The zero-order chi connectivity index (χ0) is 14.7. The lowest BCUT2D eigenvalue weighted by Gasteiger charge is -2.26. The van der Waals surface area contributed by atoms with Gasteiger partial charge in [-0.15, -0.1) is 0 Å². The molecule has 2 unspecified atom stereocenters. The zero-order valence-electron chi connectivity index (χ0n) is 12.4. The summed E-state index contributed by atoms with van der Waals surface area (Å²) in [5.74, 6) is 0.768. The molecule has 0 heterocycles. The lowest BCUT2D eigenvalue weighted by Crippen LogP contribution is -2.27. The van der Waals surface area contributed by atoms with Crippen LogP contribution in [0.15, 0.2) is 54.6 Å². The van der Waals surface area contributed by atoms with E-state index in [0.717, 1.165) is 17.4 Å². The van der Waals surface area contributed by atoms with Crippen LogP contribution in [-0.2, 0) is 0 Å².